The molecule has 1 aromatic heterocycles. The monoisotopic (exact) mass is 229 g/mol. The van der Waals surface area contributed by atoms with Gasteiger partial charge in [0.05, 0.1) is 12.0 Å². The van der Waals surface area contributed by atoms with Crippen LogP contribution in [0.5, 0.6) is 0 Å². The molecule has 1 fully saturated rings. The summed E-state index contributed by atoms with van der Waals surface area (Å²) in [5, 5.41) is 2.88. The maximum atomic E-state index is 12.9. The quantitative estimate of drug-likeness (QED) is 0.812. The lowest BCUT2D eigenvalue weighted by Crippen LogP contribution is -2.29. The minimum atomic E-state index is -2.39. The molecule has 5 heteroatoms. The topological polar surface area (TPSA) is 29.9 Å². The van der Waals surface area contributed by atoms with Crippen LogP contribution in [0.15, 0.2) is 12.5 Å². The summed E-state index contributed by atoms with van der Waals surface area (Å²) in [6, 6.07) is -0.495. The van der Waals surface area contributed by atoms with E-state index >= 15 is 0 Å². The molecule has 0 aromatic carbocycles. The van der Waals surface area contributed by atoms with Crippen molar-refractivity contribution in [1.82, 2.24) is 14.9 Å². The molecule has 90 valence electrons. The van der Waals surface area contributed by atoms with Gasteiger partial charge in [-0.25, -0.2) is 13.8 Å². The van der Waals surface area contributed by atoms with E-state index in [1.807, 2.05) is 11.5 Å². The number of alkyl halides is 2. The Morgan fingerprint density at radius 3 is 2.88 bits per heavy atom. The first-order valence-corrected chi connectivity index (χ1v) is 5.77. The molecule has 0 bridgehead atoms. The van der Waals surface area contributed by atoms with E-state index in [4.69, 9.17) is 0 Å². The van der Waals surface area contributed by atoms with Crippen molar-refractivity contribution >= 4 is 0 Å². The van der Waals surface area contributed by atoms with Crippen LogP contribution in [-0.4, -0.2) is 22.5 Å². The molecule has 1 saturated carbocycles. The van der Waals surface area contributed by atoms with Crippen molar-refractivity contribution in [1.29, 1.82) is 0 Å². The Morgan fingerprint density at radius 2 is 2.31 bits per heavy atom. The molecule has 1 heterocycles. The lowest BCUT2D eigenvalue weighted by atomic mass is 10.2. The highest BCUT2D eigenvalue weighted by atomic mass is 19.3. The van der Waals surface area contributed by atoms with Gasteiger partial charge in [-0.2, -0.15) is 0 Å². The molecule has 16 heavy (non-hydrogen) atoms. The molecule has 1 unspecified atom stereocenters. The van der Waals surface area contributed by atoms with Crippen molar-refractivity contribution in [3.05, 3.63) is 18.2 Å². The fourth-order valence-electron chi connectivity index (χ4n) is 1.84. The summed E-state index contributed by atoms with van der Waals surface area (Å²) >= 11 is 0. The van der Waals surface area contributed by atoms with Gasteiger partial charge in [-0.15, -0.1) is 0 Å². The largest absolute Gasteiger partial charge is 0.330 e. The van der Waals surface area contributed by atoms with Gasteiger partial charge in [-0.05, 0) is 25.8 Å². The number of halogens is 2. The fourth-order valence-corrected chi connectivity index (χ4v) is 1.84. The lowest BCUT2D eigenvalue weighted by molar-refractivity contribution is 0.0948. The molecule has 1 aromatic rings. The smallest absolute Gasteiger partial charge is 0.259 e. The van der Waals surface area contributed by atoms with Crippen LogP contribution in [-0.2, 0) is 0 Å². The SMILES string of the molecule is CCCNC(c1cncn1C1CC1)C(F)F. The number of aromatic nitrogens is 2. The van der Waals surface area contributed by atoms with Gasteiger partial charge in [0.25, 0.3) is 6.43 Å². The maximum Gasteiger partial charge on any atom is 0.259 e. The molecular weight excluding hydrogens is 212 g/mol. The van der Waals surface area contributed by atoms with Gasteiger partial charge in [0.15, 0.2) is 0 Å². The Morgan fingerprint density at radius 1 is 1.56 bits per heavy atom. The molecular formula is C11H17F2N3. The Kier molecular flexibility index (Phi) is 3.53. The summed E-state index contributed by atoms with van der Waals surface area (Å²) in [6.45, 7) is 2.57. The number of hydrogen-bond donors (Lipinski definition) is 1. The zero-order valence-corrected chi connectivity index (χ0v) is 9.37. The number of rotatable bonds is 6. The highest BCUT2D eigenvalue weighted by molar-refractivity contribution is 5.10. The zero-order chi connectivity index (χ0) is 11.5. The third-order valence-electron chi connectivity index (χ3n) is 2.82. The Hall–Kier alpha value is -0.970. The second-order valence-corrected chi connectivity index (χ2v) is 4.22. The minimum Gasteiger partial charge on any atom is -0.330 e. The second-order valence-electron chi connectivity index (χ2n) is 4.22. The molecule has 1 atom stereocenters. The molecule has 3 nitrogen and oxygen atoms in total. The number of hydrogen-bond acceptors (Lipinski definition) is 2. The van der Waals surface area contributed by atoms with Gasteiger partial charge < -0.3 is 9.88 Å². The van der Waals surface area contributed by atoms with Crippen molar-refractivity contribution in [3.8, 4) is 0 Å². The predicted molar refractivity (Wildman–Crippen MR) is 57.5 cm³/mol. The van der Waals surface area contributed by atoms with Crippen molar-refractivity contribution < 1.29 is 8.78 Å². The Balaban J connectivity index is 2.13. The summed E-state index contributed by atoms with van der Waals surface area (Å²) in [5.74, 6) is 0. The molecule has 0 spiro atoms. The van der Waals surface area contributed by atoms with E-state index in [1.54, 1.807) is 12.5 Å². The van der Waals surface area contributed by atoms with E-state index in [-0.39, 0.29) is 0 Å². The third-order valence-corrected chi connectivity index (χ3v) is 2.82. The third kappa shape index (κ3) is 2.40. The van der Waals surface area contributed by atoms with Crippen LogP contribution in [0.4, 0.5) is 8.78 Å². The van der Waals surface area contributed by atoms with E-state index in [0.29, 0.717) is 18.3 Å². The zero-order valence-electron chi connectivity index (χ0n) is 9.37. The van der Waals surface area contributed by atoms with Crippen LogP contribution < -0.4 is 5.32 Å². The van der Waals surface area contributed by atoms with Crippen LogP contribution in [0.3, 0.4) is 0 Å². The van der Waals surface area contributed by atoms with Crippen molar-refractivity contribution in [2.24, 2.45) is 0 Å². The van der Waals surface area contributed by atoms with Gasteiger partial charge in [0, 0.05) is 12.2 Å². The molecule has 0 radical (unpaired) electrons. The second kappa shape index (κ2) is 4.91. The van der Waals surface area contributed by atoms with E-state index in [9.17, 15) is 8.78 Å². The summed E-state index contributed by atoms with van der Waals surface area (Å²) < 4.78 is 27.8. The van der Waals surface area contributed by atoms with E-state index in [1.165, 1.54) is 0 Å². The van der Waals surface area contributed by atoms with Crippen molar-refractivity contribution in [2.75, 3.05) is 6.54 Å². The fraction of sp³-hybridized carbons (Fsp3) is 0.727. The summed E-state index contributed by atoms with van der Waals surface area (Å²) in [6.07, 6.45) is 3.83. The highest BCUT2D eigenvalue weighted by Crippen LogP contribution is 2.37. The molecule has 1 aliphatic rings. The van der Waals surface area contributed by atoms with Crippen LogP contribution in [0.2, 0.25) is 0 Å². The summed E-state index contributed by atoms with van der Waals surface area (Å²) in [7, 11) is 0. The standard InChI is InChI=1S/C11H17F2N3/c1-2-5-15-10(11(12)13)9-6-14-7-16(9)8-3-4-8/h6-8,10-11,15H,2-5H2,1H3. The Bertz CT molecular complexity index is 334. The van der Waals surface area contributed by atoms with Crippen LogP contribution in [0, 0.1) is 0 Å². The Labute approximate surface area is 93.9 Å². The van der Waals surface area contributed by atoms with Gasteiger partial charge in [0.2, 0.25) is 0 Å². The average Bonchev–Trinajstić information content (AvgIpc) is 2.99. The van der Waals surface area contributed by atoms with Gasteiger partial charge in [-0.1, -0.05) is 6.92 Å². The first kappa shape index (κ1) is 11.5. The lowest BCUT2D eigenvalue weighted by Gasteiger charge is -2.19. The summed E-state index contributed by atoms with van der Waals surface area (Å²) in [5.41, 5.74) is 0.617. The van der Waals surface area contributed by atoms with Gasteiger partial charge in [0.1, 0.15) is 6.04 Å². The van der Waals surface area contributed by atoms with Gasteiger partial charge in [-0.3, -0.25) is 0 Å². The maximum absolute atomic E-state index is 12.9. The van der Waals surface area contributed by atoms with Crippen LogP contribution in [0.1, 0.15) is 44.0 Å². The van der Waals surface area contributed by atoms with E-state index in [2.05, 4.69) is 10.3 Å². The molecule has 2 rings (SSSR count). The number of nitrogens with one attached hydrogen (secondary N) is 1. The minimum absolute atomic E-state index is 0.391. The van der Waals surface area contributed by atoms with E-state index in [0.717, 1.165) is 19.3 Å². The van der Waals surface area contributed by atoms with Gasteiger partial charge >= 0.3 is 0 Å². The molecule has 0 amide bonds. The molecule has 0 aliphatic heterocycles. The molecule has 1 N–H and O–H groups in total. The van der Waals surface area contributed by atoms with Crippen molar-refractivity contribution in [3.63, 3.8) is 0 Å². The highest BCUT2D eigenvalue weighted by Gasteiger charge is 2.31. The average molecular weight is 229 g/mol. The first-order valence-electron chi connectivity index (χ1n) is 5.77. The van der Waals surface area contributed by atoms with Crippen LogP contribution >= 0.6 is 0 Å². The molecule has 1 aliphatic carbocycles. The van der Waals surface area contributed by atoms with E-state index < -0.39 is 12.5 Å². The first-order chi connectivity index (χ1) is 7.74. The molecule has 0 saturated heterocycles. The van der Waals surface area contributed by atoms with Crippen LogP contribution in [0.25, 0.3) is 0 Å². The predicted octanol–water partition coefficient (Wildman–Crippen LogP) is 2.52. The summed E-state index contributed by atoms with van der Waals surface area (Å²) in [4.78, 5) is 3.98. The normalized spacial score (nSPS) is 18.0. The van der Waals surface area contributed by atoms with Crippen molar-refractivity contribution in [2.45, 2.75) is 44.7 Å². The number of nitrogens with zero attached hydrogens (tertiary/aromatic N) is 2. The number of imidazole rings is 1.